The minimum absolute atomic E-state index is 0.113. The number of carbonyl (C=O) groups excluding carboxylic acids is 1. The van der Waals surface area contributed by atoms with Crippen LogP contribution in [0.4, 0.5) is 0 Å². The van der Waals surface area contributed by atoms with E-state index in [0.29, 0.717) is 11.7 Å². The lowest BCUT2D eigenvalue weighted by Gasteiger charge is -2.28. The van der Waals surface area contributed by atoms with Gasteiger partial charge in [0, 0.05) is 35.2 Å². The molecule has 1 aliphatic rings. The fourth-order valence-electron chi connectivity index (χ4n) is 1.43. The average Bonchev–Trinajstić information content (AvgIpc) is 2.06. The molecular formula is C11H22N2O2S. The summed E-state index contributed by atoms with van der Waals surface area (Å²) in [4.78, 5) is 11.8. The summed E-state index contributed by atoms with van der Waals surface area (Å²) in [6.45, 7) is 9.38. The molecule has 2 atom stereocenters. The zero-order valence-electron chi connectivity index (χ0n) is 10.5. The highest BCUT2D eigenvalue weighted by Gasteiger charge is 2.27. The number of hydrogen-bond acceptors (Lipinski definition) is 3. The molecule has 4 nitrogen and oxygen atoms in total. The van der Waals surface area contributed by atoms with E-state index in [9.17, 15) is 9.00 Å². The SMILES string of the molecule is CC(C(=O)NC(C)(C)C)S(=O)CC1CNC1. The Morgan fingerprint density at radius 3 is 2.44 bits per heavy atom. The highest BCUT2D eigenvalue weighted by Crippen LogP contribution is 2.09. The van der Waals surface area contributed by atoms with E-state index in [-0.39, 0.29) is 11.4 Å². The summed E-state index contributed by atoms with van der Waals surface area (Å²) in [5.74, 6) is 0.995. The maximum Gasteiger partial charge on any atom is 0.235 e. The highest BCUT2D eigenvalue weighted by atomic mass is 32.2. The largest absolute Gasteiger partial charge is 0.350 e. The van der Waals surface area contributed by atoms with Gasteiger partial charge in [0.15, 0.2) is 0 Å². The van der Waals surface area contributed by atoms with Crippen LogP contribution in [0.1, 0.15) is 27.7 Å². The number of amides is 1. The Kier molecular flexibility index (Phi) is 4.50. The summed E-state index contributed by atoms with van der Waals surface area (Å²) in [5, 5.41) is 5.58. The molecule has 0 aromatic heterocycles. The second-order valence-electron chi connectivity index (χ2n) is 5.45. The Balaban J connectivity index is 2.39. The van der Waals surface area contributed by atoms with Gasteiger partial charge in [0.05, 0.1) is 0 Å². The first-order chi connectivity index (χ1) is 7.29. The molecule has 0 aromatic carbocycles. The Morgan fingerprint density at radius 2 is 2.06 bits per heavy atom. The molecule has 0 aliphatic carbocycles. The Morgan fingerprint density at radius 1 is 1.50 bits per heavy atom. The Labute approximate surface area is 100 Å². The highest BCUT2D eigenvalue weighted by molar-refractivity contribution is 7.86. The molecule has 1 aliphatic heterocycles. The lowest BCUT2D eigenvalue weighted by molar-refractivity contribution is -0.121. The van der Waals surface area contributed by atoms with E-state index in [1.54, 1.807) is 6.92 Å². The molecule has 1 fully saturated rings. The first-order valence-electron chi connectivity index (χ1n) is 5.69. The summed E-state index contributed by atoms with van der Waals surface area (Å²) < 4.78 is 11.9. The second-order valence-corrected chi connectivity index (χ2v) is 7.26. The zero-order valence-corrected chi connectivity index (χ0v) is 11.3. The second kappa shape index (κ2) is 5.27. The summed E-state index contributed by atoms with van der Waals surface area (Å²) in [6, 6.07) is 0. The molecule has 0 spiro atoms. The van der Waals surface area contributed by atoms with Crippen molar-refractivity contribution in [1.82, 2.24) is 10.6 Å². The van der Waals surface area contributed by atoms with Crippen molar-refractivity contribution < 1.29 is 9.00 Å². The van der Waals surface area contributed by atoms with Crippen molar-refractivity contribution >= 4 is 16.7 Å². The van der Waals surface area contributed by atoms with Gasteiger partial charge >= 0.3 is 0 Å². The van der Waals surface area contributed by atoms with Crippen molar-refractivity contribution in [2.45, 2.75) is 38.5 Å². The van der Waals surface area contributed by atoms with Gasteiger partial charge in [-0.25, -0.2) is 0 Å². The summed E-state index contributed by atoms with van der Waals surface area (Å²) in [5.41, 5.74) is -0.256. The first kappa shape index (κ1) is 13.6. The molecule has 0 bridgehead atoms. The van der Waals surface area contributed by atoms with Crippen LogP contribution in [0.3, 0.4) is 0 Å². The molecule has 1 amide bonds. The van der Waals surface area contributed by atoms with E-state index in [0.717, 1.165) is 13.1 Å². The van der Waals surface area contributed by atoms with Gasteiger partial charge in [0.25, 0.3) is 0 Å². The first-order valence-corrected chi connectivity index (χ1v) is 7.08. The molecule has 1 rings (SSSR count). The van der Waals surface area contributed by atoms with E-state index in [4.69, 9.17) is 0 Å². The maximum absolute atomic E-state index is 11.9. The third-order valence-electron chi connectivity index (χ3n) is 2.53. The Bertz CT molecular complexity index is 282. The topological polar surface area (TPSA) is 58.2 Å². The summed E-state index contributed by atoms with van der Waals surface area (Å²) in [7, 11) is -1.06. The van der Waals surface area contributed by atoms with Gasteiger partial charge in [-0.15, -0.1) is 0 Å². The van der Waals surface area contributed by atoms with Crippen LogP contribution in [0.15, 0.2) is 0 Å². The summed E-state index contributed by atoms with van der Waals surface area (Å²) in [6.07, 6.45) is 0. The maximum atomic E-state index is 11.9. The van der Waals surface area contributed by atoms with Crippen molar-refractivity contribution in [2.24, 2.45) is 5.92 Å². The van der Waals surface area contributed by atoms with Crippen molar-refractivity contribution in [3.8, 4) is 0 Å². The molecule has 94 valence electrons. The predicted molar refractivity (Wildman–Crippen MR) is 66.7 cm³/mol. The molecular weight excluding hydrogens is 224 g/mol. The predicted octanol–water partition coefficient (Wildman–Crippen LogP) is 0.258. The number of hydrogen-bond donors (Lipinski definition) is 2. The van der Waals surface area contributed by atoms with E-state index < -0.39 is 16.0 Å². The van der Waals surface area contributed by atoms with Crippen LogP contribution in [-0.4, -0.2) is 39.7 Å². The fourth-order valence-corrected chi connectivity index (χ4v) is 2.72. The van der Waals surface area contributed by atoms with Crippen LogP contribution in [0.5, 0.6) is 0 Å². The van der Waals surface area contributed by atoms with Gasteiger partial charge in [0.1, 0.15) is 5.25 Å². The lowest BCUT2D eigenvalue weighted by Crippen LogP contribution is -2.49. The zero-order chi connectivity index (χ0) is 12.3. The van der Waals surface area contributed by atoms with Crippen LogP contribution in [0, 0.1) is 5.92 Å². The smallest absolute Gasteiger partial charge is 0.235 e. The van der Waals surface area contributed by atoms with E-state index >= 15 is 0 Å². The van der Waals surface area contributed by atoms with Crippen LogP contribution in [-0.2, 0) is 15.6 Å². The molecule has 16 heavy (non-hydrogen) atoms. The molecule has 5 heteroatoms. The van der Waals surface area contributed by atoms with Gasteiger partial charge in [-0.1, -0.05) is 0 Å². The number of nitrogens with one attached hydrogen (secondary N) is 2. The van der Waals surface area contributed by atoms with Crippen LogP contribution in [0.2, 0.25) is 0 Å². The lowest BCUT2D eigenvalue weighted by atomic mass is 10.1. The van der Waals surface area contributed by atoms with Gasteiger partial charge in [-0.05, 0) is 33.6 Å². The monoisotopic (exact) mass is 246 g/mol. The minimum Gasteiger partial charge on any atom is -0.350 e. The van der Waals surface area contributed by atoms with Crippen molar-refractivity contribution in [1.29, 1.82) is 0 Å². The van der Waals surface area contributed by atoms with E-state index in [2.05, 4.69) is 10.6 Å². The molecule has 0 aromatic rings. The Hall–Kier alpha value is -0.420. The standard InChI is InChI=1S/C11H22N2O2S/c1-8(10(14)13-11(2,3)4)16(15)7-9-5-12-6-9/h8-9,12H,5-7H2,1-4H3,(H,13,14). The quantitative estimate of drug-likeness (QED) is 0.748. The molecule has 2 N–H and O–H groups in total. The number of carbonyl (C=O) groups is 1. The molecule has 0 radical (unpaired) electrons. The minimum atomic E-state index is -1.06. The number of rotatable bonds is 4. The average molecular weight is 246 g/mol. The van der Waals surface area contributed by atoms with Gasteiger partial charge in [0.2, 0.25) is 5.91 Å². The van der Waals surface area contributed by atoms with Gasteiger partial charge in [-0.2, -0.15) is 0 Å². The third-order valence-corrected chi connectivity index (χ3v) is 4.33. The van der Waals surface area contributed by atoms with Crippen LogP contribution >= 0.6 is 0 Å². The van der Waals surface area contributed by atoms with Crippen LogP contribution in [0.25, 0.3) is 0 Å². The van der Waals surface area contributed by atoms with Crippen LogP contribution < -0.4 is 10.6 Å². The van der Waals surface area contributed by atoms with E-state index in [1.807, 2.05) is 20.8 Å². The molecule has 0 saturated carbocycles. The molecule has 1 heterocycles. The van der Waals surface area contributed by atoms with Gasteiger partial charge < -0.3 is 10.6 Å². The van der Waals surface area contributed by atoms with Crippen molar-refractivity contribution in [2.75, 3.05) is 18.8 Å². The fraction of sp³-hybridized carbons (Fsp3) is 0.909. The normalized spacial score (nSPS) is 21.0. The van der Waals surface area contributed by atoms with Gasteiger partial charge in [-0.3, -0.25) is 9.00 Å². The third kappa shape index (κ3) is 4.22. The van der Waals surface area contributed by atoms with Crippen molar-refractivity contribution in [3.63, 3.8) is 0 Å². The summed E-state index contributed by atoms with van der Waals surface area (Å²) >= 11 is 0. The van der Waals surface area contributed by atoms with E-state index in [1.165, 1.54) is 0 Å². The molecule has 2 unspecified atom stereocenters. The molecule has 1 saturated heterocycles. The van der Waals surface area contributed by atoms with Crippen molar-refractivity contribution in [3.05, 3.63) is 0 Å².